The third-order valence-electron chi connectivity index (χ3n) is 9.06. The minimum atomic E-state index is -0.541. The molecular weight excluding hydrogens is 569 g/mol. The molecule has 0 spiro atoms. The van der Waals surface area contributed by atoms with E-state index in [0.717, 1.165) is 54.6 Å². The van der Waals surface area contributed by atoms with E-state index in [1.165, 1.54) is 0 Å². The fourth-order valence-electron chi connectivity index (χ4n) is 6.98. The summed E-state index contributed by atoms with van der Waals surface area (Å²) < 4.78 is 86.5. The van der Waals surface area contributed by atoms with Crippen LogP contribution in [0.15, 0.2) is 174 Å². The van der Waals surface area contributed by atoms with Gasteiger partial charge in [-0.15, -0.1) is 0 Å². The summed E-state index contributed by atoms with van der Waals surface area (Å²) in [5.74, 6) is 0. The van der Waals surface area contributed by atoms with Crippen molar-refractivity contribution in [3.63, 3.8) is 0 Å². The van der Waals surface area contributed by atoms with E-state index in [1.54, 1.807) is 0 Å². The molecule has 47 heavy (non-hydrogen) atoms. The predicted molar refractivity (Wildman–Crippen MR) is 200 cm³/mol. The minimum Gasteiger partial charge on any atom is -0.456 e. The molecule has 0 fully saturated rings. The van der Waals surface area contributed by atoms with E-state index in [0.29, 0.717) is 5.56 Å². The zero-order chi connectivity index (χ0) is 38.7. The van der Waals surface area contributed by atoms with Crippen molar-refractivity contribution in [1.29, 1.82) is 0 Å². The van der Waals surface area contributed by atoms with Crippen LogP contribution in [-0.2, 0) is 0 Å². The molecule has 1 aromatic heterocycles. The van der Waals surface area contributed by atoms with Crippen molar-refractivity contribution in [2.24, 2.45) is 0 Å². The summed E-state index contributed by atoms with van der Waals surface area (Å²) in [6.07, 6.45) is 0. The van der Waals surface area contributed by atoms with Crippen LogP contribution >= 0.6 is 0 Å². The van der Waals surface area contributed by atoms with Gasteiger partial charge in [0.2, 0.25) is 0 Å². The molecule has 10 aromatic rings. The summed E-state index contributed by atoms with van der Waals surface area (Å²) in [7, 11) is 0. The quantitative estimate of drug-likeness (QED) is 0.183. The van der Waals surface area contributed by atoms with E-state index in [4.69, 9.17) is 12.6 Å². The summed E-state index contributed by atoms with van der Waals surface area (Å²) in [5, 5.41) is 5.08. The molecule has 0 aliphatic carbocycles. The Morgan fingerprint density at radius 2 is 0.979 bits per heavy atom. The molecule has 218 valence electrons. The lowest BCUT2D eigenvalue weighted by molar-refractivity contribution is 0.669. The Bertz CT molecular complexity index is 3300. The van der Waals surface area contributed by atoms with Gasteiger partial charge in [-0.05, 0) is 113 Å². The summed E-state index contributed by atoms with van der Waals surface area (Å²) in [6, 6.07) is 35.3. The van der Waals surface area contributed by atoms with Crippen LogP contribution in [0.25, 0.3) is 98.4 Å². The number of furan rings is 1. The molecule has 0 N–H and O–H groups in total. The average Bonchev–Trinajstić information content (AvgIpc) is 3.64. The highest BCUT2D eigenvalue weighted by Crippen LogP contribution is 2.47. The molecule has 10 rings (SSSR count). The Labute approximate surface area is 284 Å². The Kier molecular flexibility index (Phi) is 4.05. The van der Waals surface area contributed by atoms with Gasteiger partial charge in [0.25, 0.3) is 0 Å². The zero-order valence-corrected chi connectivity index (χ0v) is 24.9. The maximum Gasteiger partial charge on any atom is 0.136 e. The fourth-order valence-corrected chi connectivity index (χ4v) is 6.98. The molecule has 1 heterocycles. The smallest absolute Gasteiger partial charge is 0.136 e. The molecule has 1 nitrogen and oxygen atoms in total. The van der Waals surface area contributed by atoms with E-state index >= 15 is 0 Å². The largest absolute Gasteiger partial charge is 0.456 e. The maximum absolute atomic E-state index is 9.67. The average molecular weight is 606 g/mol. The molecule has 9 aromatic carbocycles. The number of hydrogen-bond donors (Lipinski definition) is 0. The Hall–Kier alpha value is -6.18. The van der Waals surface area contributed by atoms with Crippen LogP contribution in [-0.4, -0.2) is 0 Å². The lowest BCUT2D eigenvalue weighted by Crippen LogP contribution is -1.92. The van der Waals surface area contributed by atoms with Crippen molar-refractivity contribution >= 4 is 65.0 Å². The number of benzene rings is 9. The normalized spacial score (nSPS) is 14.5. The third kappa shape index (κ3) is 4.03. The fraction of sp³-hybridized carbons (Fsp3) is 0. The van der Waals surface area contributed by atoms with Gasteiger partial charge in [-0.1, -0.05) is 133 Å². The van der Waals surface area contributed by atoms with Gasteiger partial charge in [-0.2, -0.15) is 0 Å². The molecule has 0 aliphatic heterocycles. The van der Waals surface area contributed by atoms with Crippen molar-refractivity contribution in [3.05, 3.63) is 170 Å². The lowest BCUT2D eigenvalue weighted by Gasteiger charge is -2.19. The highest BCUT2D eigenvalue weighted by atomic mass is 16.3. The maximum atomic E-state index is 9.67. The standard InChI is InChI=1S/C46H28O/c1-2-12-29(13-3-1)34-24-32-16-6-7-17-35(32)42(26-34)46-39-20-10-8-18-37(39)45(38-19-9-11-21-40(38)46)33-22-23-36-41-25-30-14-4-5-15-31(30)27-44(41)47-43(36)28-33/h1-28H/i4D,5D,14D,15D,22D,23D,25D,27D,28D. The topological polar surface area (TPSA) is 13.1 Å². The molecule has 0 saturated heterocycles. The molecule has 0 aliphatic rings. The van der Waals surface area contributed by atoms with Gasteiger partial charge in [0.15, 0.2) is 0 Å². The summed E-state index contributed by atoms with van der Waals surface area (Å²) in [6.45, 7) is 0. The third-order valence-corrected chi connectivity index (χ3v) is 9.06. The first-order valence-electron chi connectivity index (χ1n) is 20.0. The van der Waals surface area contributed by atoms with Crippen LogP contribution < -0.4 is 0 Å². The van der Waals surface area contributed by atoms with E-state index in [1.807, 2.05) is 78.9 Å². The lowest BCUT2D eigenvalue weighted by atomic mass is 9.83. The van der Waals surface area contributed by atoms with Gasteiger partial charge < -0.3 is 4.42 Å². The second-order valence-corrected chi connectivity index (χ2v) is 11.7. The first-order valence-corrected chi connectivity index (χ1v) is 15.5. The van der Waals surface area contributed by atoms with E-state index in [9.17, 15) is 4.11 Å². The molecule has 0 unspecified atom stereocenters. The van der Waals surface area contributed by atoms with Gasteiger partial charge in [0, 0.05) is 10.8 Å². The van der Waals surface area contributed by atoms with Gasteiger partial charge in [-0.3, -0.25) is 0 Å². The van der Waals surface area contributed by atoms with Crippen LogP contribution in [0.5, 0.6) is 0 Å². The van der Waals surface area contributed by atoms with E-state index in [-0.39, 0.29) is 68.5 Å². The first kappa shape index (κ1) is 18.7. The Morgan fingerprint density at radius 3 is 1.70 bits per heavy atom. The van der Waals surface area contributed by atoms with Crippen LogP contribution in [0.2, 0.25) is 0 Å². The predicted octanol–water partition coefficient (Wildman–Crippen LogP) is 13.2. The number of rotatable bonds is 3. The SMILES string of the molecule is [2H]c1c([2H])c([2H])c2c([2H])c3c(oc4c([2H])c(-c5c6ccccc6c(-c6cc(-c7ccccc7)cc7ccccc67)c6ccccc56)c([2H])c([2H])c43)c([2H])c2c1[2H]. The molecule has 1 heteroatoms. The van der Waals surface area contributed by atoms with Crippen molar-refractivity contribution < 1.29 is 16.8 Å². The van der Waals surface area contributed by atoms with Crippen LogP contribution in [0.3, 0.4) is 0 Å². The molecular formula is C46H28O. The van der Waals surface area contributed by atoms with Gasteiger partial charge in [0.05, 0.1) is 12.3 Å². The van der Waals surface area contributed by atoms with Crippen molar-refractivity contribution in [1.82, 2.24) is 0 Å². The highest BCUT2D eigenvalue weighted by molar-refractivity contribution is 6.24. The number of fused-ring (bicyclic) bond motifs is 7. The van der Waals surface area contributed by atoms with Crippen molar-refractivity contribution in [2.75, 3.05) is 0 Å². The second-order valence-electron chi connectivity index (χ2n) is 11.7. The van der Waals surface area contributed by atoms with Gasteiger partial charge >= 0.3 is 0 Å². The summed E-state index contributed by atoms with van der Waals surface area (Å²) in [4.78, 5) is 0. The van der Waals surface area contributed by atoms with Crippen molar-refractivity contribution in [2.45, 2.75) is 0 Å². The molecule has 0 amide bonds. The molecule has 0 saturated carbocycles. The molecule has 0 bridgehead atoms. The zero-order valence-electron chi connectivity index (χ0n) is 33.9. The second kappa shape index (κ2) is 10.2. The summed E-state index contributed by atoms with van der Waals surface area (Å²) >= 11 is 0. The molecule has 0 radical (unpaired) electrons. The Morgan fingerprint density at radius 1 is 0.383 bits per heavy atom. The van der Waals surface area contributed by atoms with E-state index in [2.05, 4.69) is 36.4 Å². The van der Waals surface area contributed by atoms with Crippen LogP contribution in [0.1, 0.15) is 12.3 Å². The van der Waals surface area contributed by atoms with Gasteiger partial charge in [0.1, 0.15) is 11.2 Å². The van der Waals surface area contributed by atoms with Crippen LogP contribution in [0.4, 0.5) is 0 Å². The van der Waals surface area contributed by atoms with Crippen LogP contribution in [0, 0.1) is 0 Å². The van der Waals surface area contributed by atoms with Crippen molar-refractivity contribution in [3.8, 4) is 33.4 Å². The van der Waals surface area contributed by atoms with E-state index < -0.39 is 24.2 Å². The number of hydrogen-bond acceptors (Lipinski definition) is 1. The highest BCUT2D eigenvalue weighted by Gasteiger charge is 2.20. The summed E-state index contributed by atoms with van der Waals surface area (Å²) in [5.41, 5.74) is 4.65. The van der Waals surface area contributed by atoms with Gasteiger partial charge in [-0.25, -0.2) is 0 Å². The minimum absolute atomic E-state index is 0.0130. The molecule has 0 atom stereocenters. The monoisotopic (exact) mass is 605 g/mol. The Balaban J connectivity index is 1.34. The first-order chi connectivity index (χ1) is 27.1.